The van der Waals surface area contributed by atoms with E-state index in [4.69, 9.17) is 0 Å². The van der Waals surface area contributed by atoms with E-state index >= 15 is 0 Å². The van der Waals surface area contributed by atoms with E-state index in [1.807, 2.05) is 0 Å². The highest BCUT2D eigenvalue weighted by molar-refractivity contribution is 5.86. The zero-order valence-corrected chi connectivity index (χ0v) is 24.5. The third kappa shape index (κ3) is 4.39. The predicted molar refractivity (Wildman–Crippen MR) is 184 cm³/mol. The van der Waals surface area contributed by atoms with E-state index in [0.29, 0.717) is 0 Å². The average Bonchev–Trinajstić information content (AvgIpc) is 3.41. The number of hydrogen-bond acceptors (Lipinski definition) is 0. The van der Waals surface area contributed by atoms with Crippen LogP contribution in [0.15, 0.2) is 182 Å². The Hall–Kier alpha value is -5.46. The van der Waals surface area contributed by atoms with Crippen molar-refractivity contribution in [3.05, 3.63) is 215 Å². The summed E-state index contributed by atoms with van der Waals surface area (Å²) < 4.78 is 0. The molecule has 0 fully saturated rings. The predicted octanol–water partition coefficient (Wildman–Crippen LogP) is 11.0. The molecule has 0 unspecified atom stereocenters. The van der Waals surface area contributed by atoms with E-state index < -0.39 is 0 Å². The molecule has 0 saturated heterocycles. The highest BCUT2D eigenvalue weighted by atomic mass is 14.5. The Morgan fingerprint density at radius 1 is 0.295 bits per heavy atom. The van der Waals surface area contributed by atoms with Gasteiger partial charge in [0, 0.05) is 0 Å². The van der Waals surface area contributed by atoms with Crippen LogP contribution in [0.1, 0.15) is 33.4 Å². The summed E-state index contributed by atoms with van der Waals surface area (Å²) >= 11 is 0. The van der Waals surface area contributed by atoms with Gasteiger partial charge in [-0.1, -0.05) is 182 Å². The molecule has 0 bridgehead atoms. The Bertz CT molecular complexity index is 1990. The molecule has 0 nitrogen and oxygen atoms in total. The molecule has 0 N–H and O–H groups in total. The molecule has 208 valence electrons. The zero-order chi connectivity index (χ0) is 29.3. The van der Waals surface area contributed by atoms with Gasteiger partial charge in [0.05, 0.1) is 5.41 Å². The molecule has 0 heteroatoms. The summed E-state index contributed by atoms with van der Waals surface area (Å²) in [6.07, 6.45) is 0.902. The lowest BCUT2D eigenvalue weighted by Crippen LogP contribution is -2.28. The van der Waals surface area contributed by atoms with Crippen LogP contribution in [0.4, 0.5) is 0 Å². The van der Waals surface area contributed by atoms with Crippen LogP contribution in [0, 0.1) is 0 Å². The van der Waals surface area contributed by atoms with Crippen LogP contribution in [0.2, 0.25) is 0 Å². The molecule has 0 aliphatic heterocycles. The number of benzene rings is 7. The summed E-state index contributed by atoms with van der Waals surface area (Å²) in [6.45, 7) is 0. The highest BCUT2D eigenvalue weighted by Crippen LogP contribution is 2.55. The van der Waals surface area contributed by atoms with Gasteiger partial charge in [0.25, 0.3) is 0 Å². The first-order valence-electron chi connectivity index (χ1n) is 15.4. The van der Waals surface area contributed by atoms with E-state index in [-0.39, 0.29) is 5.41 Å². The summed E-state index contributed by atoms with van der Waals surface area (Å²) in [5.41, 5.74) is 15.2. The molecule has 1 aliphatic carbocycles. The standard InChI is InChI=1S/C44H32/c1-3-11-34(12-4-1)36-25-27-37(28-26-36)35-23-19-32(20-24-35)31-33-21-29-39(30-22-33)44(38-13-5-2-6-14-38)42-17-9-7-15-40(42)41-16-8-10-18-43(41)44/h1-30H,31H2. The molecular formula is C44H32. The van der Waals surface area contributed by atoms with Gasteiger partial charge in [0.1, 0.15) is 0 Å². The first-order chi connectivity index (χ1) is 21.8. The molecule has 1 aliphatic rings. The first kappa shape index (κ1) is 26.2. The maximum absolute atomic E-state index is 2.35. The zero-order valence-electron chi connectivity index (χ0n) is 24.5. The van der Waals surface area contributed by atoms with E-state index in [9.17, 15) is 0 Å². The van der Waals surface area contributed by atoms with Crippen LogP contribution in [0.25, 0.3) is 33.4 Å². The highest BCUT2D eigenvalue weighted by Gasteiger charge is 2.45. The van der Waals surface area contributed by atoms with Crippen molar-refractivity contribution < 1.29 is 0 Å². The summed E-state index contributed by atoms with van der Waals surface area (Å²) in [6, 6.07) is 66.6. The second-order valence-corrected chi connectivity index (χ2v) is 11.7. The molecule has 44 heavy (non-hydrogen) atoms. The summed E-state index contributed by atoms with van der Waals surface area (Å²) in [7, 11) is 0. The van der Waals surface area contributed by atoms with Gasteiger partial charge in [-0.15, -0.1) is 0 Å². The van der Waals surface area contributed by atoms with Crippen LogP contribution in [0.5, 0.6) is 0 Å². The van der Waals surface area contributed by atoms with Gasteiger partial charge in [0.2, 0.25) is 0 Å². The normalized spacial score (nSPS) is 12.8. The molecule has 8 rings (SSSR count). The molecule has 7 aromatic carbocycles. The van der Waals surface area contributed by atoms with Gasteiger partial charge in [-0.05, 0) is 73.2 Å². The molecule has 0 amide bonds. The molecular weight excluding hydrogens is 528 g/mol. The minimum absolute atomic E-state index is 0.343. The smallest absolute Gasteiger partial charge is 0.0622 e. The minimum atomic E-state index is -0.343. The fourth-order valence-corrected chi connectivity index (χ4v) is 7.12. The number of fused-ring (bicyclic) bond motifs is 3. The van der Waals surface area contributed by atoms with Crippen LogP contribution in [-0.2, 0) is 11.8 Å². The Balaban J connectivity index is 1.09. The Kier molecular flexibility index (Phi) is 6.54. The lowest BCUT2D eigenvalue weighted by atomic mass is 9.67. The largest absolute Gasteiger partial charge is 0.0713 e. The molecule has 0 saturated carbocycles. The van der Waals surface area contributed by atoms with Gasteiger partial charge in [0.15, 0.2) is 0 Å². The van der Waals surface area contributed by atoms with Gasteiger partial charge in [-0.25, -0.2) is 0 Å². The molecule has 0 spiro atoms. The van der Waals surface area contributed by atoms with Crippen LogP contribution < -0.4 is 0 Å². The SMILES string of the molecule is c1ccc(-c2ccc(-c3ccc(Cc4ccc(C5(c6ccccc6)c6ccccc6-c6ccccc65)cc4)cc3)cc2)cc1. The maximum atomic E-state index is 2.35. The van der Waals surface area contributed by atoms with E-state index in [2.05, 4.69) is 182 Å². The average molecular weight is 561 g/mol. The van der Waals surface area contributed by atoms with Crippen molar-refractivity contribution in [3.63, 3.8) is 0 Å². The minimum Gasteiger partial charge on any atom is -0.0622 e. The van der Waals surface area contributed by atoms with Gasteiger partial charge < -0.3 is 0 Å². The second-order valence-electron chi connectivity index (χ2n) is 11.7. The van der Waals surface area contributed by atoms with E-state index in [1.165, 1.54) is 66.8 Å². The molecule has 7 aromatic rings. The van der Waals surface area contributed by atoms with Crippen LogP contribution in [0.3, 0.4) is 0 Å². The fraction of sp³-hybridized carbons (Fsp3) is 0.0455. The Labute approximate surface area is 259 Å². The Morgan fingerprint density at radius 2 is 0.659 bits per heavy atom. The van der Waals surface area contributed by atoms with Crippen molar-refractivity contribution in [2.45, 2.75) is 11.8 Å². The van der Waals surface area contributed by atoms with Crippen molar-refractivity contribution in [1.82, 2.24) is 0 Å². The van der Waals surface area contributed by atoms with E-state index in [1.54, 1.807) is 0 Å². The van der Waals surface area contributed by atoms with Crippen LogP contribution in [-0.4, -0.2) is 0 Å². The molecule has 0 heterocycles. The van der Waals surface area contributed by atoms with Crippen molar-refractivity contribution in [3.8, 4) is 33.4 Å². The topological polar surface area (TPSA) is 0 Å². The first-order valence-corrected chi connectivity index (χ1v) is 15.4. The van der Waals surface area contributed by atoms with Gasteiger partial charge in [-0.3, -0.25) is 0 Å². The quantitative estimate of drug-likeness (QED) is 0.190. The summed E-state index contributed by atoms with van der Waals surface area (Å²) in [4.78, 5) is 0. The van der Waals surface area contributed by atoms with Crippen molar-refractivity contribution >= 4 is 0 Å². The van der Waals surface area contributed by atoms with Gasteiger partial charge >= 0.3 is 0 Å². The maximum Gasteiger partial charge on any atom is 0.0713 e. The number of hydrogen-bond donors (Lipinski definition) is 0. The molecule has 0 aromatic heterocycles. The third-order valence-electron chi connectivity index (χ3n) is 9.23. The summed E-state index contributed by atoms with van der Waals surface area (Å²) in [5.74, 6) is 0. The van der Waals surface area contributed by atoms with Crippen molar-refractivity contribution in [2.75, 3.05) is 0 Å². The van der Waals surface area contributed by atoms with Crippen molar-refractivity contribution in [1.29, 1.82) is 0 Å². The fourth-order valence-electron chi connectivity index (χ4n) is 7.12. The number of rotatable bonds is 6. The van der Waals surface area contributed by atoms with Crippen molar-refractivity contribution in [2.24, 2.45) is 0 Å². The third-order valence-corrected chi connectivity index (χ3v) is 9.23. The monoisotopic (exact) mass is 560 g/mol. The lowest BCUT2D eigenvalue weighted by Gasteiger charge is -2.34. The van der Waals surface area contributed by atoms with E-state index in [0.717, 1.165) is 6.42 Å². The lowest BCUT2D eigenvalue weighted by molar-refractivity contribution is 0.767. The van der Waals surface area contributed by atoms with Gasteiger partial charge in [-0.2, -0.15) is 0 Å². The van der Waals surface area contributed by atoms with Crippen LogP contribution >= 0.6 is 0 Å². The molecule has 0 radical (unpaired) electrons. The summed E-state index contributed by atoms with van der Waals surface area (Å²) in [5, 5.41) is 0. The Morgan fingerprint density at radius 3 is 1.18 bits per heavy atom. The molecule has 0 atom stereocenters. The second kappa shape index (κ2) is 11.0.